The zero-order valence-corrected chi connectivity index (χ0v) is 9.86. The van der Waals surface area contributed by atoms with Crippen LogP contribution >= 0.6 is 0 Å². The molecule has 5 heteroatoms. The van der Waals surface area contributed by atoms with E-state index in [1.165, 1.54) is 0 Å². The molecule has 0 radical (unpaired) electrons. The number of rotatable bonds is 6. The molecule has 0 spiro atoms. The van der Waals surface area contributed by atoms with Crippen molar-refractivity contribution in [2.45, 2.75) is 26.7 Å². The van der Waals surface area contributed by atoms with Crippen molar-refractivity contribution in [1.29, 1.82) is 0 Å². The first kappa shape index (κ1) is 12.7. The largest absolute Gasteiger partial charge is 0.330 e. The van der Waals surface area contributed by atoms with Crippen LogP contribution < -0.4 is 11.1 Å². The van der Waals surface area contributed by atoms with Crippen LogP contribution in [-0.4, -0.2) is 22.6 Å². The highest BCUT2D eigenvalue weighted by molar-refractivity contribution is 5.89. The molecule has 4 N–H and O–H groups in total. The van der Waals surface area contributed by atoms with Gasteiger partial charge in [-0.05, 0) is 24.8 Å². The molecule has 0 saturated carbocycles. The quantitative estimate of drug-likeness (QED) is 0.682. The lowest BCUT2D eigenvalue weighted by Gasteiger charge is -2.16. The first-order valence-electron chi connectivity index (χ1n) is 5.61. The Bertz CT molecular complexity index is 308. The highest BCUT2D eigenvalue weighted by atomic mass is 16.1. The number of aromatic nitrogens is 2. The van der Waals surface area contributed by atoms with Crippen LogP contribution in [-0.2, 0) is 4.79 Å². The van der Waals surface area contributed by atoms with Gasteiger partial charge in [0, 0.05) is 12.5 Å². The lowest BCUT2D eigenvalue weighted by atomic mass is 9.94. The van der Waals surface area contributed by atoms with Crippen molar-refractivity contribution in [1.82, 2.24) is 10.2 Å². The number of nitrogens with zero attached hydrogens (tertiary/aromatic N) is 1. The van der Waals surface area contributed by atoms with Gasteiger partial charge in [0.05, 0.1) is 6.20 Å². The number of nitrogens with two attached hydrogens (primary N) is 1. The predicted molar refractivity (Wildman–Crippen MR) is 63.8 cm³/mol. The molecule has 1 amide bonds. The highest BCUT2D eigenvalue weighted by Gasteiger charge is 2.14. The van der Waals surface area contributed by atoms with Crippen molar-refractivity contribution >= 4 is 11.7 Å². The van der Waals surface area contributed by atoms with Crippen LogP contribution in [0.3, 0.4) is 0 Å². The van der Waals surface area contributed by atoms with Gasteiger partial charge >= 0.3 is 0 Å². The van der Waals surface area contributed by atoms with Gasteiger partial charge in [-0.1, -0.05) is 13.8 Å². The van der Waals surface area contributed by atoms with Crippen LogP contribution in [0.15, 0.2) is 12.3 Å². The molecule has 16 heavy (non-hydrogen) atoms. The van der Waals surface area contributed by atoms with Crippen molar-refractivity contribution < 1.29 is 4.79 Å². The lowest BCUT2D eigenvalue weighted by Crippen LogP contribution is -2.23. The molecule has 90 valence electrons. The van der Waals surface area contributed by atoms with E-state index in [1.54, 1.807) is 12.3 Å². The van der Waals surface area contributed by atoms with E-state index in [1.807, 2.05) is 0 Å². The maximum absolute atomic E-state index is 11.6. The molecule has 0 aliphatic carbocycles. The van der Waals surface area contributed by atoms with Crippen molar-refractivity contribution in [2.24, 2.45) is 17.6 Å². The van der Waals surface area contributed by atoms with Gasteiger partial charge in [0.15, 0.2) is 0 Å². The van der Waals surface area contributed by atoms with Crippen molar-refractivity contribution in [3.05, 3.63) is 12.3 Å². The Kier molecular flexibility index (Phi) is 4.98. The van der Waals surface area contributed by atoms with E-state index < -0.39 is 0 Å². The summed E-state index contributed by atoms with van der Waals surface area (Å²) in [5.41, 5.74) is 5.64. The van der Waals surface area contributed by atoms with Crippen LogP contribution in [0.25, 0.3) is 0 Å². The monoisotopic (exact) mass is 224 g/mol. The van der Waals surface area contributed by atoms with Crippen LogP contribution in [0.1, 0.15) is 26.7 Å². The number of hydrogen-bond donors (Lipinski definition) is 3. The van der Waals surface area contributed by atoms with Gasteiger partial charge in [-0.3, -0.25) is 9.89 Å². The van der Waals surface area contributed by atoms with Gasteiger partial charge in [-0.2, -0.15) is 5.10 Å². The molecular weight excluding hydrogens is 204 g/mol. The summed E-state index contributed by atoms with van der Waals surface area (Å²) in [6.45, 7) is 4.82. The smallest absolute Gasteiger partial charge is 0.225 e. The van der Waals surface area contributed by atoms with E-state index in [9.17, 15) is 4.79 Å². The number of nitrogens with one attached hydrogen (secondary N) is 2. The molecule has 0 fully saturated rings. The van der Waals surface area contributed by atoms with E-state index >= 15 is 0 Å². The number of carbonyl (C=O) groups is 1. The lowest BCUT2D eigenvalue weighted by molar-refractivity contribution is -0.117. The van der Waals surface area contributed by atoms with Gasteiger partial charge in [-0.15, -0.1) is 0 Å². The molecule has 5 nitrogen and oxygen atoms in total. The molecule has 0 saturated heterocycles. The van der Waals surface area contributed by atoms with Gasteiger partial charge < -0.3 is 11.1 Å². The maximum Gasteiger partial charge on any atom is 0.225 e. The van der Waals surface area contributed by atoms with Gasteiger partial charge in [0.25, 0.3) is 0 Å². The molecule has 1 aromatic heterocycles. The van der Waals surface area contributed by atoms with E-state index in [4.69, 9.17) is 5.73 Å². The maximum atomic E-state index is 11.6. The molecule has 1 heterocycles. The fourth-order valence-electron chi connectivity index (χ4n) is 1.72. The van der Waals surface area contributed by atoms with Crippen LogP contribution in [0.2, 0.25) is 0 Å². The molecule has 0 aromatic carbocycles. The molecule has 1 aromatic rings. The third-order valence-corrected chi connectivity index (χ3v) is 2.39. The Hall–Kier alpha value is -1.36. The number of anilines is 1. The van der Waals surface area contributed by atoms with Crippen molar-refractivity contribution in [2.75, 3.05) is 11.9 Å². The minimum absolute atomic E-state index is 0.0136. The summed E-state index contributed by atoms with van der Waals surface area (Å²) in [5, 5.41) is 9.19. The first-order chi connectivity index (χ1) is 7.61. The van der Waals surface area contributed by atoms with E-state index in [2.05, 4.69) is 29.4 Å². The Morgan fingerprint density at radius 2 is 2.38 bits per heavy atom. The fourth-order valence-corrected chi connectivity index (χ4v) is 1.72. The zero-order chi connectivity index (χ0) is 12.0. The van der Waals surface area contributed by atoms with E-state index in [-0.39, 0.29) is 11.8 Å². The van der Waals surface area contributed by atoms with Crippen LogP contribution in [0.5, 0.6) is 0 Å². The Balaban J connectivity index is 2.37. The third kappa shape index (κ3) is 4.44. The summed E-state index contributed by atoms with van der Waals surface area (Å²) in [4.78, 5) is 11.6. The highest BCUT2D eigenvalue weighted by Crippen LogP contribution is 2.15. The van der Waals surface area contributed by atoms with Gasteiger partial charge in [-0.25, -0.2) is 0 Å². The average molecular weight is 224 g/mol. The van der Waals surface area contributed by atoms with Crippen molar-refractivity contribution in [3.8, 4) is 0 Å². The number of carbonyl (C=O) groups excluding carboxylic acids is 1. The number of hydrogen-bond acceptors (Lipinski definition) is 3. The zero-order valence-electron chi connectivity index (χ0n) is 9.86. The van der Waals surface area contributed by atoms with Gasteiger partial charge in [0.2, 0.25) is 5.91 Å². The normalized spacial score (nSPS) is 12.8. The number of amides is 1. The Labute approximate surface area is 95.8 Å². The summed E-state index contributed by atoms with van der Waals surface area (Å²) < 4.78 is 0. The second-order valence-electron chi connectivity index (χ2n) is 4.45. The Morgan fingerprint density at radius 3 is 2.88 bits per heavy atom. The average Bonchev–Trinajstić information content (AvgIpc) is 2.68. The summed E-state index contributed by atoms with van der Waals surface area (Å²) in [7, 11) is 0. The number of aromatic amines is 1. The molecular formula is C11H20N4O. The predicted octanol–water partition coefficient (Wildman–Crippen LogP) is 1.36. The summed E-state index contributed by atoms with van der Waals surface area (Å²) >= 11 is 0. The second-order valence-corrected chi connectivity index (χ2v) is 4.45. The molecule has 1 rings (SSSR count). The third-order valence-electron chi connectivity index (χ3n) is 2.39. The minimum Gasteiger partial charge on any atom is -0.330 e. The molecule has 1 atom stereocenters. The van der Waals surface area contributed by atoms with E-state index in [0.717, 1.165) is 6.42 Å². The van der Waals surface area contributed by atoms with E-state index in [0.29, 0.717) is 24.7 Å². The standard InChI is InChI=1S/C11H20N4O/c1-8(2)5-9(7-12)6-11(16)14-10-3-4-13-15-10/h3-4,8-9H,5-7,12H2,1-2H3,(H2,13,14,15,16). The molecule has 0 aliphatic rings. The van der Waals surface area contributed by atoms with Crippen LogP contribution in [0, 0.1) is 11.8 Å². The number of H-pyrrole nitrogens is 1. The SMILES string of the molecule is CC(C)CC(CN)CC(=O)Nc1ccn[nH]1. The van der Waals surface area contributed by atoms with Crippen molar-refractivity contribution in [3.63, 3.8) is 0 Å². The Morgan fingerprint density at radius 1 is 1.62 bits per heavy atom. The molecule has 0 bridgehead atoms. The first-order valence-corrected chi connectivity index (χ1v) is 5.61. The minimum atomic E-state index is -0.0136. The van der Waals surface area contributed by atoms with Gasteiger partial charge in [0.1, 0.15) is 5.82 Å². The summed E-state index contributed by atoms with van der Waals surface area (Å²) in [6.07, 6.45) is 3.05. The topological polar surface area (TPSA) is 83.8 Å². The summed E-state index contributed by atoms with van der Waals surface area (Å²) in [6, 6.07) is 1.72. The van der Waals surface area contributed by atoms with Crippen LogP contribution in [0.4, 0.5) is 5.82 Å². The molecule has 0 aliphatic heterocycles. The summed E-state index contributed by atoms with van der Waals surface area (Å²) in [5.74, 6) is 1.43. The second kappa shape index (κ2) is 6.27. The molecule has 1 unspecified atom stereocenters. The fraction of sp³-hybridized carbons (Fsp3) is 0.636.